The fourth-order valence-corrected chi connectivity index (χ4v) is 2.03. The minimum atomic E-state index is -0.0361. The van der Waals surface area contributed by atoms with Gasteiger partial charge in [0.1, 0.15) is 5.15 Å². The Kier molecular flexibility index (Phi) is 6.25. The second-order valence-corrected chi connectivity index (χ2v) is 5.00. The van der Waals surface area contributed by atoms with Crippen LogP contribution in [0.1, 0.15) is 36.8 Å². The van der Waals surface area contributed by atoms with Gasteiger partial charge in [-0.25, -0.2) is 4.98 Å². The summed E-state index contributed by atoms with van der Waals surface area (Å²) in [5.41, 5.74) is 1.41. The van der Waals surface area contributed by atoms with Crippen molar-refractivity contribution in [3.05, 3.63) is 28.5 Å². The van der Waals surface area contributed by atoms with E-state index in [0.29, 0.717) is 23.9 Å². The van der Waals surface area contributed by atoms with Crippen molar-refractivity contribution in [2.75, 3.05) is 20.3 Å². The van der Waals surface area contributed by atoms with Gasteiger partial charge in [0.25, 0.3) is 5.91 Å². The van der Waals surface area contributed by atoms with Crippen molar-refractivity contribution in [2.45, 2.75) is 33.2 Å². The minimum Gasteiger partial charge on any atom is -0.383 e. The van der Waals surface area contributed by atoms with Crippen LogP contribution >= 0.6 is 11.6 Å². The van der Waals surface area contributed by atoms with Gasteiger partial charge in [-0.05, 0) is 32.4 Å². The molecule has 0 unspecified atom stereocenters. The first-order chi connectivity index (χ1) is 8.99. The summed E-state index contributed by atoms with van der Waals surface area (Å²) in [4.78, 5) is 18.4. The maximum Gasteiger partial charge on any atom is 0.254 e. The molecule has 5 heteroatoms. The molecule has 106 valence electrons. The highest BCUT2D eigenvalue weighted by molar-refractivity contribution is 6.29. The zero-order valence-corrected chi connectivity index (χ0v) is 12.7. The summed E-state index contributed by atoms with van der Waals surface area (Å²) in [5, 5.41) is 0.359. The molecule has 0 aliphatic rings. The van der Waals surface area contributed by atoms with E-state index in [-0.39, 0.29) is 11.9 Å². The molecule has 0 saturated heterocycles. The molecule has 1 amide bonds. The van der Waals surface area contributed by atoms with Crippen molar-refractivity contribution in [3.63, 3.8) is 0 Å². The van der Waals surface area contributed by atoms with Crippen molar-refractivity contribution in [1.29, 1.82) is 0 Å². The molecule has 1 aromatic rings. The molecule has 0 radical (unpaired) electrons. The van der Waals surface area contributed by atoms with E-state index >= 15 is 0 Å². The number of hydrogen-bond acceptors (Lipinski definition) is 3. The van der Waals surface area contributed by atoms with Gasteiger partial charge in [0.2, 0.25) is 0 Å². The topological polar surface area (TPSA) is 42.4 Å². The molecule has 0 spiro atoms. The highest BCUT2D eigenvalue weighted by Crippen LogP contribution is 2.15. The lowest BCUT2D eigenvalue weighted by atomic mass is 10.1. The maximum absolute atomic E-state index is 12.5. The second kappa shape index (κ2) is 7.46. The standard InChI is InChI=1S/C14H21ClN2O2/c1-5-12-8-11(9-13(15)16-12)14(18)17(10(2)3)6-7-19-4/h8-10H,5-7H2,1-4H3. The van der Waals surface area contributed by atoms with Crippen LogP contribution in [0.25, 0.3) is 0 Å². The molecular formula is C14H21ClN2O2. The summed E-state index contributed by atoms with van der Waals surface area (Å²) in [6, 6.07) is 3.53. The number of nitrogens with zero attached hydrogens (tertiary/aromatic N) is 2. The molecule has 0 fully saturated rings. The van der Waals surface area contributed by atoms with E-state index in [9.17, 15) is 4.79 Å². The molecule has 1 heterocycles. The third kappa shape index (κ3) is 4.48. The normalized spacial score (nSPS) is 10.8. The van der Waals surface area contributed by atoms with Gasteiger partial charge in [-0.1, -0.05) is 18.5 Å². The molecule has 1 aromatic heterocycles. The summed E-state index contributed by atoms with van der Waals surface area (Å²) < 4.78 is 5.04. The van der Waals surface area contributed by atoms with E-state index in [1.807, 2.05) is 20.8 Å². The lowest BCUT2D eigenvalue weighted by molar-refractivity contribution is 0.0634. The first kappa shape index (κ1) is 15.9. The molecule has 0 aromatic carbocycles. The van der Waals surface area contributed by atoms with Crippen LogP contribution in [0.5, 0.6) is 0 Å². The average molecular weight is 285 g/mol. The second-order valence-electron chi connectivity index (χ2n) is 4.61. The van der Waals surface area contributed by atoms with Crippen molar-refractivity contribution in [2.24, 2.45) is 0 Å². The van der Waals surface area contributed by atoms with E-state index in [1.165, 1.54) is 0 Å². The summed E-state index contributed by atoms with van der Waals surface area (Å²) in [7, 11) is 1.63. The van der Waals surface area contributed by atoms with Crippen LogP contribution in [0.4, 0.5) is 0 Å². The molecule has 0 aliphatic heterocycles. The summed E-state index contributed by atoms with van der Waals surface area (Å²) in [5.74, 6) is -0.0361. The van der Waals surface area contributed by atoms with Gasteiger partial charge in [0.05, 0.1) is 6.61 Å². The number of amides is 1. The predicted molar refractivity (Wildman–Crippen MR) is 76.7 cm³/mol. The van der Waals surface area contributed by atoms with Gasteiger partial charge in [-0.2, -0.15) is 0 Å². The molecule has 19 heavy (non-hydrogen) atoms. The quantitative estimate of drug-likeness (QED) is 0.755. The minimum absolute atomic E-state index is 0.0361. The molecule has 0 saturated carbocycles. The molecule has 0 bridgehead atoms. The largest absolute Gasteiger partial charge is 0.383 e. The summed E-state index contributed by atoms with van der Waals surface area (Å²) >= 11 is 5.95. The molecule has 0 aliphatic carbocycles. The van der Waals surface area contributed by atoms with Gasteiger partial charge in [-0.15, -0.1) is 0 Å². The van der Waals surface area contributed by atoms with Crippen LogP contribution < -0.4 is 0 Å². The molecule has 4 nitrogen and oxygen atoms in total. The molecule has 1 rings (SSSR count). The highest BCUT2D eigenvalue weighted by atomic mass is 35.5. The van der Waals surface area contributed by atoms with Crippen LogP contribution in [0.2, 0.25) is 5.15 Å². The fraction of sp³-hybridized carbons (Fsp3) is 0.571. The number of halogens is 1. The lowest BCUT2D eigenvalue weighted by Gasteiger charge is -2.26. The van der Waals surface area contributed by atoms with Gasteiger partial charge >= 0.3 is 0 Å². The summed E-state index contributed by atoms with van der Waals surface area (Å²) in [6.07, 6.45) is 0.751. The molecule has 0 atom stereocenters. The predicted octanol–water partition coefficient (Wildman–Crippen LogP) is 2.79. The van der Waals surface area contributed by atoms with E-state index in [1.54, 1.807) is 24.1 Å². The van der Waals surface area contributed by atoms with Crippen LogP contribution in [0.15, 0.2) is 12.1 Å². The highest BCUT2D eigenvalue weighted by Gasteiger charge is 2.19. The van der Waals surface area contributed by atoms with Crippen molar-refractivity contribution < 1.29 is 9.53 Å². The summed E-state index contributed by atoms with van der Waals surface area (Å²) in [6.45, 7) is 7.03. The Morgan fingerprint density at radius 1 is 1.47 bits per heavy atom. The smallest absolute Gasteiger partial charge is 0.254 e. The van der Waals surface area contributed by atoms with Crippen molar-refractivity contribution in [1.82, 2.24) is 9.88 Å². The number of methoxy groups -OCH3 is 1. The Bertz CT molecular complexity index is 435. The molecular weight excluding hydrogens is 264 g/mol. The average Bonchev–Trinajstić information content (AvgIpc) is 2.37. The Labute approximate surface area is 119 Å². The third-order valence-electron chi connectivity index (χ3n) is 2.88. The van der Waals surface area contributed by atoms with Gasteiger partial charge < -0.3 is 9.64 Å². The van der Waals surface area contributed by atoms with Crippen LogP contribution in [0.3, 0.4) is 0 Å². The zero-order valence-electron chi connectivity index (χ0n) is 11.9. The number of carbonyl (C=O) groups is 1. The SMILES string of the molecule is CCc1cc(C(=O)N(CCOC)C(C)C)cc(Cl)n1. The number of pyridine rings is 1. The van der Waals surface area contributed by atoms with E-state index in [4.69, 9.17) is 16.3 Å². The maximum atomic E-state index is 12.5. The first-order valence-corrected chi connectivity index (χ1v) is 6.83. The zero-order chi connectivity index (χ0) is 14.4. The number of aryl methyl sites for hydroxylation is 1. The van der Waals surface area contributed by atoms with Crippen LogP contribution in [-0.4, -0.2) is 42.1 Å². The van der Waals surface area contributed by atoms with E-state index in [2.05, 4.69) is 4.98 Å². The molecule has 0 N–H and O–H groups in total. The van der Waals surface area contributed by atoms with Crippen molar-refractivity contribution in [3.8, 4) is 0 Å². The van der Waals surface area contributed by atoms with E-state index in [0.717, 1.165) is 12.1 Å². The van der Waals surface area contributed by atoms with Crippen LogP contribution in [-0.2, 0) is 11.2 Å². The van der Waals surface area contributed by atoms with E-state index < -0.39 is 0 Å². The fourth-order valence-electron chi connectivity index (χ4n) is 1.81. The van der Waals surface area contributed by atoms with Crippen molar-refractivity contribution >= 4 is 17.5 Å². The Balaban J connectivity index is 2.98. The Hall–Kier alpha value is -1.13. The number of carbonyl (C=O) groups excluding carboxylic acids is 1. The Morgan fingerprint density at radius 3 is 2.68 bits per heavy atom. The van der Waals surface area contributed by atoms with Gasteiger partial charge in [-0.3, -0.25) is 4.79 Å². The monoisotopic (exact) mass is 284 g/mol. The van der Waals surface area contributed by atoms with Crippen LogP contribution in [0, 0.1) is 0 Å². The number of aromatic nitrogens is 1. The third-order valence-corrected chi connectivity index (χ3v) is 3.07. The first-order valence-electron chi connectivity index (χ1n) is 6.46. The number of rotatable bonds is 6. The van der Waals surface area contributed by atoms with Gasteiger partial charge in [0, 0.05) is 31.0 Å². The Morgan fingerprint density at radius 2 is 2.16 bits per heavy atom. The number of ether oxygens (including phenoxy) is 1. The number of hydrogen-bond donors (Lipinski definition) is 0. The van der Waals surface area contributed by atoms with Gasteiger partial charge in [0.15, 0.2) is 0 Å². The lowest BCUT2D eigenvalue weighted by Crippen LogP contribution is -2.39.